The molecule has 3 rings (SSSR count). The third kappa shape index (κ3) is 3.00. The number of hydrogen-bond acceptors (Lipinski definition) is 4. The van der Waals surface area contributed by atoms with E-state index in [2.05, 4.69) is 0 Å². The zero-order chi connectivity index (χ0) is 16.7. The molecule has 0 unspecified atom stereocenters. The number of thiophene rings is 1. The zero-order valence-corrected chi connectivity index (χ0v) is 14.2. The first-order valence-corrected chi connectivity index (χ1v) is 8.17. The second kappa shape index (κ2) is 6.00. The van der Waals surface area contributed by atoms with Crippen molar-refractivity contribution in [2.24, 2.45) is 0 Å². The molecule has 0 spiro atoms. The molecule has 0 saturated carbocycles. The van der Waals surface area contributed by atoms with Crippen LogP contribution in [0.15, 0.2) is 33.5 Å². The summed E-state index contributed by atoms with van der Waals surface area (Å²) < 4.78 is 5.35. The predicted molar refractivity (Wildman–Crippen MR) is 91.9 cm³/mol. The van der Waals surface area contributed by atoms with Crippen LogP contribution >= 0.6 is 34.5 Å². The summed E-state index contributed by atoms with van der Waals surface area (Å²) in [6.07, 6.45) is -0.0829. The van der Waals surface area contributed by atoms with Crippen molar-refractivity contribution in [2.75, 3.05) is 0 Å². The zero-order valence-electron chi connectivity index (χ0n) is 11.9. The lowest BCUT2D eigenvalue weighted by Crippen LogP contribution is -2.02. The van der Waals surface area contributed by atoms with E-state index in [1.165, 1.54) is 11.3 Å². The second-order valence-corrected chi connectivity index (χ2v) is 6.95. The number of carbonyl (C=O) groups is 1. The molecule has 2 heterocycles. The summed E-state index contributed by atoms with van der Waals surface area (Å²) in [7, 11) is 0. The molecule has 23 heavy (non-hydrogen) atoms. The summed E-state index contributed by atoms with van der Waals surface area (Å²) >= 11 is 13.6. The van der Waals surface area contributed by atoms with Crippen molar-refractivity contribution in [1.82, 2.24) is 0 Å². The van der Waals surface area contributed by atoms with Gasteiger partial charge in [0.15, 0.2) is 5.58 Å². The van der Waals surface area contributed by atoms with Crippen molar-refractivity contribution in [3.63, 3.8) is 0 Å². The molecule has 7 heteroatoms. The Morgan fingerprint density at radius 3 is 2.74 bits per heavy atom. The summed E-state index contributed by atoms with van der Waals surface area (Å²) in [4.78, 5) is 24.3. The molecule has 3 aromatic rings. The number of carboxylic acid groups (broad SMARTS) is 1. The van der Waals surface area contributed by atoms with Gasteiger partial charge in [-0.2, -0.15) is 0 Å². The SMILES string of the molecule is Cc1c(Cl)cc2cc(-c3ccc(CC(=O)O)s3)c(=O)oc2c1Cl. The number of halogens is 2. The fourth-order valence-corrected chi connectivity index (χ4v) is 3.74. The summed E-state index contributed by atoms with van der Waals surface area (Å²) in [6.45, 7) is 1.75. The number of carboxylic acids is 1. The van der Waals surface area contributed by atoms with E-state index < -0.39 is 11.6 Å². The monoisotopic (exact) mass is 368 g/mol. The molecule has 1 N–H and O–H groups in total. The van der Waals surface area contributed by atoms with Crippen LogP contribution < -0.4 is 5.63 Å². The Morgan fingerprint density at radius 1 is 1.30 bits per heavy atom. The molecule has 0 amide bonds. The van der Waals surface area contributed by atoms with Crippen molar-refractivity contribution in [3.05, 3.63) is 55.2 Å². The third-order valence-corrected chi connectivity index (χ3v) is 5.36. The van der Waals surface area contributed by atoms with Crippen LogP contribution in [0.3, 0.4) is 0 Å². The number of fused-ring (bicyclic) bond motifs is 1. The topological polar surface area (TPSA) is 67.5 Å². The Hall–Kier alpha value is -1.82. The number of benzene rings is 1. The fourth-order valence-electron chi connectivity index (χ4n) is 2.22. The van der Waals surface area contributed by atoms with Crippen molar-refractivity contribution < 1.29 is 14.3 Å². The molecule has 0 fully saturated rings. The van der Waals surface area contributed by atoms with E-state index in [0.717, 1.165) is 0 Å². The smallest absolute Gasteiger partial charge is 0.345 e. The minimum Gasteiger partial charge on any atom is -0.481 e. The van der Waals surface area contributed by atoms with Crippen LogP contribution in [0.25, 0.3) is 21.4 Å². The molecule has 0 radical (unpaired) electrons. The van der Waals surface area contributed by atoms with Gasteiger partial charge in [-0.3, -0.25) is 4.79 Å². The molecule has 0 aliphatic rings. The van der Waals surface area contributed by atoms with Gasteiger partial charge in [0.05, 0.1) is 17.0 Å². The van der Waals surface area contributed by atoms with Crippen molar-refractivity contribution in [3.8, 4) is 10.4 Å². The maximum atomic E-state index is 12.2. The van der Waals surface area contributed by atoms with Crippen LogP contribution in [-0.2, 0) is 11.2 Å². The third-order valence-electron chi connectivity index (χ3n) is 3.40. The highest BCUT2D eigenvalue weighted by Crippen LogP contribution is 2.34. The normalized spacial score (nSPS) is 11.1. The van der Waals surface area contributed by atoms with Gasteiger partial charge in [0.25, 0.3) is 0 Å². The van der Waals surface area contributed by atoms with E-state index in [9.17, 15) is 9.59 Å². The Balaban J connectivity index is 2.17. The first-order chi connectivity index (χ1) is 10.9. The predicted octanol–water partition coefficient (Wildman–Crippen LogP) is 4.76. The van der Waals surface area contributed by atoms with Crippen LogP contribution in [-0.4, -0.2) is 11.1 Å². The molecule has 0 bridgehead atoms. The average Bonchev–Trinajstić information content (AvgIpc) is 2.93. The maximum absolute atomic E-state index is 12.2. The Labute approximate surface area is 144 Å². The number of hydrogen-bond donors (Lipinski definition) is 1. The quantitative estimate of drug-likeness (QED) is 0.676. The van der Waals surface area contributed by atoms with E-state index in [0.29, 0.717) is 41.9 Å². The molecular weight excluding hydrogens is 359 g/mol. The highest BCUT2D eigenvalue weighted by atomic mass is 35.5. The average molecular weight is 369 g/mol. The number of aliphatic carboxylic acids is 1. The van der Waals surface area contributed by atoms with Crippen LogP contribution in [0, 0.1) is 6.92 Å². The Bertz CT molecular complexity index is 988. The van der Waals surface area contributed by atoms with E-state index in [1.807, 2.05) is 0 Å². The minimum absolute atomic E-state index is 0.0829. The van der Waals surface area contributed by atoms with Gasteiger partial charge in [0, 0.05) is 20.2 Å². The largest absolute Gasteiger partial charge is 0.481 e. The van der Waals surface area contributed by atoms with Crippen LogP contribution in [0.5, 0.6) is 0 Å². The van der Waals surface area contributed by atoms with Gasteiger partial charge >= 0.3 is 11.6 Å². The lowest BCUT2D eigenvalue weighted by Gasteiger charge is -2.06. The summed E-state index contributed by atoms with van der Waals surface area (Å²) in [5.74, 6) is -0.919. The molecular formula is C16H10Cl2O4S. The fraction of sp³-hybridized carbons (Fsp3) is 0.125. The molecule has 118 valence electrons. The lowest BCUT2D eigenvalue weighted by atomic mass is 10.1. The van der Waals surface area contributed by atoms with Gasteiger partial charge in [-0.25, -0.2) is 4.79 Å². The van der Waals surface area contributed by atoms with E-state index >= 15 is 0 Å². The van der Waals surface area contributed by atoms with Crippen molar-refractivity contribution >= 4 is 51.5 Å². The molecule has 0 aliphatic heterocycles. The summed E-state index contributed by atoms with van der Waals surface area (Å²) in [5, 5.41) is 10.2. The maximum Gasteiger partial charge on any atom is 0.345 e. The van der Waals surface area contributed by atoms with E-state index in [-0.39, 0.29) is 6.42 Å². The summed E-state index contributed by atoms with van der Waals surface area (Å²) in [6, 6.07) is 6.75. The molecule has 0 atom stereocenters. The van der Waals surface area contributed by atoms with Crippen LogP contribution in [0.2, 0.25) is 10.0 Å². The van der Waals surface area contributed by atoms with Gasteiger partial charge in [0.2, 0.25) is 0 Å². The highest BCUT2D eigenvalue weighted by molar-refractivity contribution is 7.15. The highest BCUT2D eigenvalue weighted by Gasteiger charge is 2.15. The van der Waals surface area contributed by atoms with Crippen LogP contribution in [0.4, 0.5) is 0 Å². The molecule has 1 aromatic carbocycles. The first kappa shape index (κ1) is 16.1. The first-order valence-electron chi connectivity index (χ1n) is 6.60. The summed E-state index contributed by atoms with van der Waals surface area (Å²) in [5.41, 5.74) is 0.779. The molecule has 2 aromatic heterocycles. The molecule has 4 nitrogen and oxygen atoms in total. The molecule has 0 aliphatic carbocycles. The van der Waals surface area contributed by atoms with Gasteiger partial charge in [0.1, 0.15) is 0 Å². The standard InChI is InChI=1S/C16H10Cl2O4S/c1-7-11(17)5-8-4-10(16(21)22-15(8)14(7)18)12-3-2-9(23-12)6-13(19)20/h2-5H,6H2,1H3,(H,19,20). The Kier molecular flexibility index (Phi) is 4.19. The van der Waals surface area contributed by atoms with Gasteiger partial charge < -0.3 is 9.52 Å². The van der Waals surface area contributed by atoms with Crippen LogP contribution in [0.1, 0.15) is 10.4 Å². The van der Waals surface area contributed by atoms with Gasteiger partial charge in [-0.05, 0) is 36.8 Å². The lowest BCUT2D eigenvalue weighted by molar-refractivity contribution is -0.136. The Morgan fingerprint density at radius 2 is 2.04 bits per heavy atom. The van der Waals surface area contributed by atoms with E-state index in [4.69, 9.17) is 32.7 Å². The number of rotatable bonds is 3. The van der Waals surface area contributed by atoms with Crippen molar-refractivity contribution in [2.45, 2.75) is 13.3 Å². The van der Waals surface area contributed by atoms with Gasteiger partial charge in [-0.1, -0.05) is 23.2 Å². The van der Waals surface area contributed by atoms with E-state index in [1.54, 1.807) is 31.2 Å². The van der Waals surface area contributed by atoms with Gasteiger partial charge in [-0.15, -0.1) is 11.3 Å². The van der Waals surface area contributed by atoms with Crippen molar-refractivity contribution in [1.29, 1.82) is 0 Å². The molecule has 0 saturated heterocycles. The minimum atomic E-state index is -0.919. The second-order valence-electron chi connectivity index (χ2n) is 5.00.